The van der Waals surface area contributed by atoms with Crippen LogP contribution >= 0.6 is 0 Å². The van der Waals surface area contributed by atoms with Crippen LogP contribution in [0.2, 0.25) is 0 Å². The minimum atomic E-state index is -0.715. The fraction of sp³-hybridized carbons (Fsp3) is 0.0385. The van der Waals surface area contributed by atoms with Crippen LogP contribution in [0.3, 0.4) is 0 Å². The van der Waals surface area contributed by atoms with Gasteiger partial charge in [-0.2, -0.15) is 0 Å². The summed E-state index contributed by atoms with van der Waals surface area (Å²) in [5, 5.41) is 10.9. The molecule has 8 nitrogen and oxygen atoms in total. The number of ketones is 2. The number of nitro benzene ring substituents is 1. The fourth-order valence-electron chi connectivity index (χ4n) is 3.48. The second-order valence-electron chi connectivity index (χ2n) is 7.28. The van der Waals surface area contributed by atoms with Crippen LogP contribution in [0.25, 0.3) is 12.2 Å². The van der Waals surface area contributed by atoms with Crippen molar-refractivity contribution in [3.63, 3.8) is 0 Å². The Morgan fingerprint density at radius 3 is 2.24 bits per heavy atom. The van der Waals surface area contributed by atoms with Crippen LogP contribution in [-0.2, 0) is 4.79 Å². The highest BCUT2D eigenvalue weighted by atomic mass is 16.6. The zero-order valence-corrected chi connectivity index (χ0v) is 17.9. The molecule has 8 heteroatoms. The van der Waals surface area contributed by atoms with E-state index in [-0.39, 0.29) is 34.3 Å². The maximum Gasteiger partial charge on any atom is 0.336 e. The molecule has 0 amide bonds. The maximum atomic E-state index is 12.6. The van der Waals surface area contributed by atoms with Crippen molar-refractivity contribution in [2.75, 3.05) is 7.11 Å². The lowest BCUT2D eigenvalue weighted by atomic mass is 10.1. The third kappa shape index (κ3) is 4.51. The number of carbonyl (C=O) groups is 3. The number of nitro groups is 1. The number of methoxy groups -OCH3 is 1. The smallest absolute Gasteiger partial charge is 0.336 e. The molecular weight excluding hydrogens is 438 g/mol. The van der Waals surface area contributed by atoms with Gasteiger partial charge in [-0.15, -0.1) is 0 Å². The summed E-state index contributed by atoms with van der Waals surface area (Å²) < 4.78 is 10.6. The number of rotatable bonds is 6. The minimum absolute atomic E-state index is 0.0490. The van der Waals surface area contributed by atoms with Crippen LogP contribution in [0.4, 0.5) is 5.69 Å². The molecule has 1 aliphatic rings. The summed E-state index contributed by atoms with van der Waals surface area (Å²) in [6.07, 6.45) is 4.01. The van der Waals surface area contributed by atoms with Gasteiger partial charge in [0.2, 0.25) is 0 Å². The Hall–Kier alpha value is -4.85. The van der Waals surface area contributed by atoms with Gasteiger partial charge in [0.25, 0.3) is 5.69 Å². The topological polar surface area (TPSA) is 113 Å². The number of hydrogen-bond donors (Lipinski definition) is 0. The molecule has 1 aliphatic carbocycles. The van der Waals surface area contributed by atoms with Crippen molar-refractivity contribution >= 4 is 35.4 Å². The number of ether oxygens (including phenoxy) is 2. The van der Waals surface area contributed by atoms with E-state index in [1.165, 1.54) is 43.5 Å². The largest absolute Gasteiger partial charge is 0.493 e. The highest BCUT2D eigenvalue weighted by Gasteiger charge is 2.32. The molecule has 0 aromatic heterocycles. The summed E-state index contributed by atoms with van der Waals surface area (Å²) in [5.41, 5.74) is 1.68. The third-order valence-corrected chi connectivity index (χ3v) is 5.11. The van der Waals surface area contributed by atoms with E-state index in [2.05, 4.69) is 0 Å². The van der Waals surface area contributed by atoms with E-state index in [9.17, 15) is 24.5 Å². The highest BCUT2D eigenvalue weighted by Crippen LogP contribution is 2.32. The van der Waals surface area contributed by atoms with E-state index in [4.69, 9.17) is 9.47 Å². The number of hydrogen-bond acceptors (Lipinski definition) is 7. The van der Waals surface area contributed by atoms with E-state index < -0.39 is 10.9 Å². The number of allylic oxidation sites excluding steroid dienone is 1. The number of benzene rings is 3. The fourth-order valence-corrected chi connectivity index (χ4v) is 3.48. The quantitative estimate of drug-likeness (QED) is 0.132. The molecular formula is C26H17NO7. The van der Waals surface area contributed by atoms with Crippen LogP contribution in [-0.4, -0.2) is 29.6 Å². The van der Waals surface area contributed by atoms with Gasteiger partial charge in [0.15, 0.2) is 23.1 Å². The van der Waals surface area contributed by atoms with Gasteiger partial charge < -0.3 is 9.47 Å². The van der Waals surface area contributed by atoms with Crippen LogP contribution in [0.15, 0.2) is 78.4 Å². The monoisotopic (exact) mass is 455 g/mol. The number of nitrogens with zero attached hydrogens (tertiary/aromatic N) is 1. The van der Waals surface area contributed by atoms with Crippen LogP contribution in [0.1, 0.15) is 31.8 Å². The number of fused-ring (bicyclic) bond motifs is 1. The molecule has 3 aromatic rings. The van der Waals surface area contributed by atoms with Gasteiger partial charge in [-0.25, -0.2) is 4.79 Å². The van der Waals surface area contributed by atoms with Crippen molar-refractivity contribution in [2.45, 2.75) is 0 Å². The molecule has 0 aliphatic heterocycles. The van der Waals surface area contributed by atoms with Crippen molar-refractivity contribution in [2.24, 2.45) is 0 Å². The summed E-state index contributed by atoms with van der Waals surface area (Å²) in [5.74, 6) is -1.05. The van der Waals surface area contributed by atoms with Gasteiger partial charge in [0.05, 0.1) is 17.6 Å². The first-order chi connectivity index (χ1) is 16.4. The highest BCUT2D eigenvalue weighted by molar-refractivity contribution is 6.41. The Morgan fingerprint density at radius 1 is 0.882 bits per heavy atom. The van der Waals surface area contributed by atoms with Crippen molar-refractivity contribution in [3.8, 4) is 11.5 Å². The molecule has 0 fully saturated rings. The Kier molecular flexibility index (Phi) is 6.13. The summed E-state index contributed by atoms with van der Waals surface area (Å²) >= 11 is 0. The van der Waals surface area contributed by atoms with Crippen LogP contribution in [0, 0.1) is 10.1 Å². The van der Waals surface area contributed by atoms with Gasteiger partial charge >= 0.3 is 5.97 Å². The molecule has 0 bridgehead atoms. The SMILES string of the molecule is COc1cc(C=C2C(=O)c3ccccc3C2=O)ccc1OC(=O)/C=C/c1cccc([N+](=O)[O-])c1. The molecule has 0 saturated carbocycles. The Labute approximate surface area is 193 Å². The standard InChI is InChI=1S/C26H17NO7/c1-33-23-15-17(14-21-25(29)19-7-2-3-8-20(19)26(21)30)9-11-22(23)34-24(28)12-10-16-5-4-6-18(13-16)27(31)32/h2-15H,1H3/b12-10+. The van der Waals surface area contributed by atoms with E-state index in [0.29, 0.717) is 22.3 Å². The van der Waals surface area contributed by atoms with Gasteiger partial charge in [-0.1, -0.05) is 42.5 Å². The lowest BCUT2D eigenvalue weighted by molar-refractivity contribution is -0.384. The molecule has 0 N–H and O–H groups in total. The normalized spacial score (nSPS) is 12.6. The number of non-ortho nitro benzene ring substituents is 1. The molecule has 168 valence electrons. The zero-order valence-electron chi connectivity index (χ0n) is 17.9. The molecule has 4 rings (SSSR count). The van der Waals surface area contributed by atoms with Gasteiger partial charge in [0, 0.05) is 29.3 Å². The van der Waals surface area contributed by atoms with Gasteiger partial charge in [0.1, 0.15) is 0 Å². The summed E-state index contributed by atoms with van der Waals surface area (Å²) in [6.45, 7) is 0. The predicted octanol–water partition coefficient (Wildman–Crippen LogP) is 4.68. The minimum Gasteiger partial charge on any atom is -0.493 e. The zero-order chi connectivity index (χ0) is 24.2. The van der Waals surface area contributed by atoms with E-state index in [1.54, 1.807) is 42.5 Å². The van der Waals surface area contributed by atoms with Gasteiger partial charge in [-0.05, 0) is 35.4 Å². The first-order valence-electron chi connectivity index (χ1n) is 10.1. The average molecular weight is 455 g/mol. The number of esters is 1. The Bertz CT molecular complexity index is 1360. The van der Waals surface area contributed by atoms with Crippen molar-refractivity contribution in [3.05, 3.63) is 111 Å². The van der Waals surface area contributed by atoms with E-state index in [0.717, 1.165) is 6.08 Å². The lowest BCUT2D eigenvalue weighted by Gasteiger charge is -2.09. The maximum absolute atomic E-state index is 12.6. The Morgan fingerprint density at radius 2 is 1.59 bits per heavy atom. The summed E-state index contributed by atoms with van der Waals surface area (Å²) in [4.78, 5) is 47.8. The summed E-state index contributed by atoms with van der Waals surface area (Å²) in [7, 11) is 1.39. The number of carbonyl (C=O) groups excluding carboxylic acids is 3. The molecule has 0 spiro atoms. The third-order valence-electron chi connectivity index (χ3n) is 5.11. The van der Waals surface area contributed by atoms with Crippen LogP contribution < -0.4 is 9.47 Å². The Balaban J connectivity index is 1.52. The molecule has 0 unspecified atom stereocenters. The molecule has 0 saturated heterocycles. The molecule has 0 radical (unpaired) electrons. The average Bonchev–Trinajstić information content (AvgIpc) is 3.08. The van der Waals surface area contributed by atoms with Crippen molar-refractivity contribution in [1.82, 2.24) is 0 Å². The summed E-state index contributed by atoms with van der Waals surface area (Å²) in [6, 6.07) is 17.1. The molecule has 0 heterocycles. The lowest BCUT2D eigenvalue weighted by Crippen LogP contribution is -2.05. The molecule has 0 atom stereocenters. The van der Waals surface area contributed by atoms with E-state index >= 15 is 0 Å². The number of Topliss-reactive ketones (excluding diaryl/α,β-unsaturated/α-hetero) is 2. The second kappa shape index (κ2) is 9.33. The second-order valence-corrected chi connectivity index (χ2v) is 7.28. The molecule has 3 aromatic carbocycles. The molecule has 34 heavy (non-hydrogen) atoms. The predicted molar refractivity (Wildman–Crippen MR) is 124 cm³/mol. The first-order valence-corrected chi connectivity index (χ1v) is 10.1. The van der Waals surface area contributed by atoms with Gasteiger partial charge in [-0.3, -0.25) is 19.7 Å². The van der Waals surface area contributed by atoms with Crippen molar-refractivity contribution in [1.29, 1.82) is 0 Å². The van der Waals surface area contributed by atoms with E-state index in [1.807, 2.05) is 0 Å². The first kappa shape index (κ1) is 22.3. The van der Waals surface area contributed by atoms with Crippen LogP contribution in [0.5, 0.6) is 11.5 Å². The van der Waals surface area contributed by atoms with Crippen molar-refractivity contribution < 1.29 is 28.8 Å².